The van der Waals surface area contributed by atoms with Crippen LogP contribution in [-0.4, -0.2) is 12.5 Å². The highest BCUT2D eigenvalue weighted by Gasteiger charge is 2.32. The number of nitrogens with one attached hydrogen (secondary N) is 1. The van der Waals surface area contributed by atoms with Gasteiger partial charge in [-0.05, 0) is 41.8 Å². The van der Waals surface area contributed by atoms with Crippen molar-refractivity contribution in [1.82, 2.24) is 5.32 Å². The van der Waals surface area contributed by atoms with Crippen molar-refractivity contribution in [3.63, 3.8) is 0 Å². The molecule has 1 N–H and O–H groups in total. The van der Waals surface area contributed by atoms with Crippen LogP contribution in [0.1, 0.15) is 39.5 Å². The van der Waals surface area contributed by atoms with Crippen LogP contribution < -0.4 is 5.32 Å². The standard InChI is InChI=1S/C18H16F3NO2/c19-18(20,21)14-6-7-15-13(10-14)11-24-9-8-16(15)22-17(23)12-4-2-1-3-5-12/h1-7,10,16H,8-9,11H2,(H,22,23). The second-order valence-electron chi connectivity index (χ2n) is 5.64. The number of rotatable bonds is 2. The largest absolute Gasteiger partial charge is 0.416 e. The van der Waals surface area contributed by atoms with E-state index in [1.807, 2.05) is 6.07 Å². The van der Waals surface area contributed by atoms with Gasteiger partial charge in [0.2, 0.25) is 0 Å². The molecule has 0 fully saturated rings. The summed E-state index contributed by atoms with van der Waals surface area (Å²) in [5, 5.41) is 2.89. The van der Waals surface area contributed by atoms with Crippen LogP contribution in [0.2, 0.25) is 0 Å². The summed E-state index contributed by atoms with van der Waals surface area (Å²) < 4.78 is 44.0. The molecule has 1 amide bonds. The average molecular weight is 335 g/mol. The molecule has 24 heavy (non-hydrogen) atoms. The van der Waals surface area contributed by atoms with Crippen LogP contribution in [0.4, 0.5) is 13.2 Å². The van der Waals surface area contributed by atoms with Crippen LogP contribution in [0.25, 0.3) is 0 Å². The van der Waals surface area contributed by atoms with Gasteiger partial charge in [-0.25, -0.2) is 0 Å². The number of fused-ring (bicyclic) bond motifs is 1. The Bertz CT molecular complexity index is 729. The molecular formula is C18H16F3NO2. The van der Waals surface area contributed by atoms with E-state index in [9.17, 15) is 18.0 Å². The fourth-order valence-corrected chi connectivity index (χ4v) is 2.77. The van der Waals surface area contributed by atoms with Gasteiger partial charge in [0.1, 0.15) is 0 Å². The van der Waals surface area contributed by atoms with Crippen LogP contribution in [-0.2, 0) is 17.5 Å². The smallest absolute Gasteiger partial charge is 0.377 e. The number of hydrogen-bond donors (Lipinski definition) is 1. The Labute approximate surface area is 137 Å². The van der Waals surface area contributed by atoms with E-state index >= 15 is 0 Å². The molecule has 0 spiro atoms. The Balaban J connectivity index is 1.87. The maximum atomic E-state index is 12.9. The molecule has 1 aliphatic heterocycles. The number of alkyl halides is 3. The Morgan fingerprint density at radius 3 is 2.58 bits per heavy atom. The average Bonchev–Trinajstić information content (AvgIpc) is 2.77. The van der Waals surface area contributed by atoms with Crippen LogP contribution >= 0.6 is 0 Å². The Hall–Kier alpha value is -2.34. The van der Waals surface area contributed by atoms with Gasteiger partial charge in [-0.2, -0.15) is 13.2 Å². The maximum Gasteiger partial charge on any atom is 0.416 e. The molecule has 6 heteroatoms. The zero-order valence-electron chi connectivity index (χ0n) is 12.8. The van der Waals surface area contributed by atoms with Crippen molar-refractivity contribution >= 4 is 5.91 Å². The second kappa shape index (κ2) is 6.65. The Morgan fingerprint density at radius 2 is 1.88 bits per heavy atom. The van der Waals surface area contributed by atoms with E-state index in [0.29, 0.717) is 29.7 Å². The van der Waals surface area contributed by atoms with E-state index in [2.05, 4.69) is 5.32 Å². The minimum Gasteiger partial charge on any atom is -0.377 e. The summed E-state index contributed by atoms with van der Waals surface area (Å²) in [6.45, 7) is 0.479. The van der Waals surface area contributed by atoms with E-state index in [1.54, 1.807) is 24.3 Å². The third kappa shape index (κ3) is 3.59. The molecule has 0 saturated carbocycles. The normalized spacial score (nSPS) is 17.7. The van der Waals surface area contributed by atoms with Gasteiger partial charge in [-0.1, -0.05) is 24.3 Å². The van der Waals surface area contributed by atoms with Gasteiger partial charge in [0.15, 0.2) is 0 Å². The highest BCUT2D eigenvalue weighted by molar-refractivity contribution is 5.94. The molecule has 1 heterocycles. The first-order valence-electron chi connectivity index (χ1n) is 7.59. The highest BCUT2D eigenvalue weighted by Crippen LogP contribution is 2.34. The summed E-state index contributed by atoms with van der Waals surface area (Å²) in [6.07, 6.45) is -3.89. The van der Waals surface area contributed by atoms with Gasteiger partial charge in [-0.15, -0.1) is 0 Å². The van der Waals surface area contributed by atoms with Crippen LogP contribution in [0.5, 0.6) is 0 Å². The van der Waals surface area contributed by atoms with Crippen molar-refractivity contribution in [2.45, 2.75) is 25.2 Å². The quantitative estimate of drug-likeness (QED) is 0.897. The van der Waals surface area contributed by atoms with Crippen molar-refractivity contribution < 1.29 is 22.7 Å². The number of ether oxygens (including phenoxy) is 1. The van der Waals surface area contributed by atoms with Gasteiger partial charge in [0, 0.05) is 12.2 Å². The molecular weight excluding hydrogens is 319 g/mol. The zero-order chi connectivity index (χ0) is 17.2. The molecule has 0 radical (unpaired) electrons. The molecule has 1 unspecified atom stereocenters. The molecule has 0 aromatic heterocycles. The summed E-state index contributed by atoms with van der Waals surface area (Å²) in [6, 6.07) is 11.9. The van der Waals surface area contributed by atoms with E-state index in [4.69, 9.17) is 4.74 Å². The predicted octanol–water partition coefficient (Wildman–Crippen LogP) is 4.10. The third-order valence-corrected chi connectivity index (χ3v) is 4.00. The minimum absolute atomic E-state index is 0.108. The monoisotopic (exact) mass is 335 g/mol. The minimum atomic E-state index is -4.40. The van der Waals surface area contributed by atoms with E-state index in [-0.39, 0.29) is 18.6 Å². The molecule has 3 rings (SSSR count). The van der Waals surface area contributed by atoms with Crippen molar-refractivity contribution in [1.29, 1.82) is 0 Å². The van der Waals surface area contributed by atoms with Crippen molar-refractivity contribution in [3.05, 3.63) is 70.8 Å². The summed E-state index contributed by atoms with van der Waals surface area (Å²) >= 11 is 0. The number of amides is 1. The first-order chi connectivity index (χ1) is 11.4. The van der Waals surface area contributed by atoms with Gasteiger partial charge in [0.05, 0.1) is 18.2 Å². The number of hydrogen-bond acceptors (Lipinski definition) is 2. The molecule has 0 aliphatic carbocycles. The van der Waals surface area contributed by atoms with Gasteiger partial charge >= 0.3 is 6.18 Å². The first-order valence-corrected chi connectivity index (χ1v) is 7.59. The molecule has 0 saturated heterocycles. The van der Waals surface area contributed by atoms with E-state index in [1.165, 1.54) is 6.07 Å². The summed E-state index contributed by atoms with van der Waals surface area (Å²) in [5.74, 6) is -0.256. The Morgan fingerprint density at radius 1 is 1.12 bits per heavy atom. The van der Waals surface area contributed by atoms with Crippen LogP contribution in [0.15, 0.2) is 48.5 Å². The fourth-order valence-electron chi connectivity index (χ4n) is 2.77. The molecule has 126 valence electrons. The highest BCUT2D eigenvalue weighted by atomic mass is 19.4. The van der Waals surface area contributed by atoms with Crippen LogP contribution in [0.3, 0.4) is 0 Å². The van der Waals surface area contributed by atoms with Gasteiger partial charge < -0.3 is 10.1 Å². The first kappa shape index (κ1) is 16.5. The lowest BCUT2D eigenvalue weighted by molar-refractivity contribution is -0.137. The predicted molar refractivity (Wildman–Crippen MR) is 82.4 cm³/mol. The van der Waals surface area contributed by atoms with E-state index < -0.39 is 11.7 Å². The zero-order valence-corrected chi connectivity index (χ0v) is 12.8. The molecule has 1 atom stereocenters. The molecule has 1 aliphatic rings. The number of carbonyl (C=O) groups excluding carboxylic acids is 1. The molecule has 2 aromatic carbocycles. The number of halogens is 3. The van der Waals surface area contributed by atoms with E-state index in [0.717, 1.165) is 12.1 Å². The molecule has 2 aromatic rings. The number of benzene rings is 2. The Kier molecular flexibility index (Phi) is 4.57. The second-order valence-corrected chi connectivity index (χ2v) is 5.64. The molecule has 3 nitrogen and oxygen atoms in total. The van der Waals surface area contributed by atoms with Gasteiger partial charge in [-0.3, -0.25) is 4.79 Å². The maximum absolute atomic E-state index is 12.9. The fraction of sp³-hybridized carbons (Fsp3) is 0.278. The van der Waals surface area contributed by atoms with Gasteiger partial charge in [0.25, 0.3) is 5.91 Å². The topological polar surface area (TPSA) is 38.3 Å². The van der Waals surface area contributed by atoms with Crippen LogP contribution in [0, 0.1) is 0 Å². The lowest BCUT2D eigenvalue weighted by Crippen LogP contribution is -2.29. The summed E-state index contributed by atoms with van der Waals surface area (Å²) in [4.78, 5) is 12.3. The summed E-state index contributed by atoms with van der Waals surface area (Å²) in [7, 11) is 0. The lowest BCUT2D eigenvalue weighted by Gasteiger charge is -2.20. The third-order valence-electron chi connectivity index (χ3n) is 4.00. The number of carbonyl (C=O) groups is 1. The summed E-state index contributed by atoms with van der Waals surface area (Å²) in [5.41, 5.74) is 0.932. The van der Waals surface area contributed by atoms with Crippen molar-refractivity contribution in [2.75, 3.05) is 6.61 Å². The molecule has 0 bridgehead atoms. The lowest BCUT2D eigenvalue weighted by atomic mass is 9.96. The SMILES string of the molecule is O=C(NC1CCOCc2cc(C(F)(F)F)ccc21)c1ccccc1. The van der Waals surface area contributed by atoms with Crippen molar-refractivity contribution in [3.8, 4) is 0 Å². The van der Waals surface area contributed by atoms with Crippen molar-refractivity contribution in [2.24, 2.45) is 0 Å².